The van der Waals surface area contributed by atoms with Gasteiger partial charge in [-0.3, -0.25) is 9.59 Å². The van der Waals surface area contributed by atoms with E-state index in [4.69, 9.17) is 33.0 Å². The number of alkyl halides is 1. The lowest BCUT2D eigenvalue weighted by Gasteiger charge is -2.38. The molecule has 4 nitrogen and oxygen atoms in total. The van der Waals surface area contributed by atoms with E-state index in [1.807, 2.05) is 0 Å². The van der Waals surface area contributed by atoms with Crippen LogP contribution in [0, 0.1) is 5.92 Å². The Labute approximate surface area is 130 Å². The first-order chi connectivity index (χ1) is 8.63. The molecule has 0 N–H and O–H groups in total. The number of ether oxygens (including phenoxy) is 2. The van der Waals surface area contributed by atoms with Crippen LogP contribution in [0.3, 0.4) is 0 Å². The van der Waals surface area contributed by atoms with Crippen molar-refractivity contribution >= 4 is 58.1 Å². The van der Waals surface area contributed by atoms with Crippen LogP contribution in [0.2, 0.25) is 5.21 Å². The van der Waals surface area contributed by atoms with Crippen LogP contribution in [0.25, 0.3) is 0 Å². The molecule has 2 rings (SSSR count). The fraction of sp³-hybridized carbons (Fsp3) is 0.818. The summed E-state index contributed by atoms with van der Waals surface area (Å²) in [4.78, 5) is 23.5. The molecule has 0 aromatic carbocycles. The van der Waals surface area contributed by atoms with Gasteiger partial charge in [-0.15, -0.1) is 0 Å². The Hall–Kier alpha value is -0.135. The standard InChI is InChI=1S/C11H12B3IO4/c1-10(12,13)11(14,15)9(17)19-6-3-2-5-4-7(6)18-8(5)16/h5-7H,2-4H2,1H3. The number of esters is 2. The van der Waals surface area contributed by atoms with Crippen molar-refractivity contribution in [3.63, 3.8) is 0 Å². The van der Waals surface area contributed by atoms with E-state index in [2.05, 4.69) is 0 Å². The molecular weight excluding hydrogens is 355 g/mol. The highest BCUT2D eigenvalue weighted by atomic mass is 127. The molecule has 0 aromatic rings. The molecule has 2 bridgehead atoms. The van der Waals surface area contributed by atoms with Gasteiger partial charge in [-0.05, 0) is 12.8 Å². The van der Waals surface area contributed by atoms with Gasteiger partial charge in [-0.1, -0.05) is 34.7 Å². The average molecular weight is 368 g/mol. The van der Waals surface area contributed by atoms with E-state index in [1.54, 1.807) is 22.6 Å². The molecule has 0 spiro atoms. The second-order valence-electron chi connectivity index (χ2n) is 5.42. The molecule has 4 atom stereocenters. The molecule has 2 aliphatic rings. The van der Waals surface area contributed by atoms with Crippen molar-refractivity contribution in [2.45, 2.75) is 46.9 Å². The molecule has 0 amide bonds. The Morgan fingerprint density at radius 1 is 1.42 bits per heavy atom. The van der Waals surface area contributed by atoms with Crippen LogP contribution >= 0.6 is 22.6 Å². The fourth-order valence-corrected chi connectivity index (χ4v) is 2.39. The Balaban J connectivity index is 2.02. The molecule has 8 heteroatoms. The van der Waals surface area contributed by atoms with Gasteiger partial charge in [-0.2, -0.15) is 0 Å². The third kappa shape index (κ3) is 2.83. The van der Waals surface area contributed by atoms with Crippen molar-refractivity contribution in [3.8, 4) is 0 Å². The molecule has 1 aliphatic carbocycles. The summed E-state index contributed by atoms with van der Waals surface area (Å²) < 4.78 is 8.99. The Morgan fingerprint density at radius 3 is 2.63 bits per heavy atom. The maximum Gasteiger partial charge on any atom is 0.312 e. The van der Waals surface area contributed by atoms with Crippen LogP contribution < -0.4 is 0 Å². The van der Waals surface area contributed by atoms with E-state index in [0.29, 0.717) is 19.3 Å². The molecule has 4 unspecified atom stereocenters. The van der Waals surface area contributed by atoms with Gasteiger partial charge in [0.05, 0.1) is 24.9 Å². The fourth-order valence-electron chi connectivity index (χ4n) is 2.26. The zero-order chi connectivity index (χ0) is 14.4. The van der Waals surface area contributed by atoms with Gasteiger partial charge in [-0.25, -0.2) is 0 Å². The number of carbonyl (C=O) groups excluding carboxylic acids is 2. The first-order valence-corrected chi connectivity index (χ1v) is 7.18. The monoisotopic (exact) mass is 368 g/mol. The molecule has 1 saturated heterocycles. The Bertz CT molecular complexity index is 407. The topological polar surface area (TPSA) is 52.6 Å². The van der Waals surface area contributed by atoms with Crippen molar-refractivity contribution in [1.82, 2.24) is 0 Å². The summed E-state index contributed by atoms with van der Waals surface area (Å²) in [6.45, 7) is 1.45. The lowest BCUT2D eigenvalue weighted by molar-refractivity contribution is -0.161. The predicted molar refractivity (Wildman–Crippen MR) is 79.5 cm³/mol. The van der Waals surface area contributed by atoms with Crippen molar-refractivity contribution in [2.24, 2.45) is 5.92 Å². The summed E-state index contributed by atoms with van der Waals surface area (Å²) in [5, 5.41) is -1.41. The number of hydrogen-bond donors (Lipinski definition) is 0. The van der Waals surface area contributed by atoms with Gasteiger partial charge < -0.3 is 9.47 Å². The van der Waals surface area contributed by atoms with E-state index in [1.165, 1.54) is 6.92 Å². The maximum atomic E-state index is 12.1. The van der Waals surface area contributed by atoms with Crippen LogP contribution in [-0.4, -0.2) is 51.0 Å². The van der Waals surface area contributed by atoms with Crippen LogP contribution in [0.4, 0.5) is 0 Å². The zero-order valence-corrected chi connectivity index (χ0v) is 12.8. The Kier molecular flexibility index (Phi) is 4.02. The molecule has 1 heterocycles. The van der Waals surface area contributed by atoms with Crippen LogP contribution in [0.1, 0.15) is 26.2 Å². The van der Waals surface area contributed by atoms with Crippen LogP contribution in [0.15, 0.2) is 0 Å². The number of carbonyl (C=O) groups is 2. The van der Waals surface area contributed by atoms with Gasteiger partial charge >= 0.3 is 11.9 Å². The second-order valence-corrected chi connectivity index (χ2v) is 7.13. The van der Waals surface area contributed by atoms with Gasteiger partial charge in [0, 0.05) is 6.42 Å². The van der Waals surface area contributed by atoms with Crippen molar-refractivity contribution in [3.05, 3.63) is 0 Å². The summed E-state index contributed by atoms with van der Waals surface area (Å²) in [6.07, 6.45) is 1.01. The summed E-state index contributed by atoms with van der Waals surface area (Å²) in [7, 11) is 17.2. The maximum absolute atomic E-state index is 12.1. The van der Waals surface area contributed by atoms with Crippen LogP contribution in [0.5, 0.6) is 0 Å². The van der Waals surface area contributed by atoms with Crippen molar-refractivity contribution in [1.29, 1.82) is 0 Å². The third-order valence-electron chi connectivity index (χ3n) is 3.67. The second kappa shape index (κ2) is 5.00. The van der Waals surface area contributed by atoms with E-state index >= 15 is 0 Å². The highest BCUT2D eigenvalue weighted by molar-refractivity contribution is 14.1. The molecule has 1 saturated carbocycles. The zero-order valence-electron chi connectivity index (χ0n) is 10.6. The van der Waals surface area contributed by atoms with E-state index in [9.17, 15) is 9.59 Å². The summed E-state index contributed by atoms with van der Waals surface area (Å²) in [5.74, 6) is -0.956. The smallest absolute Gasteiger partial charge is 0.312 e. The van der Waals surface area contributed by atoms with Crippen molar-refractivity contribution in [2.75, 3.05) is 0 Å². The normalized spacial score (nSPS) is 33.4. The van der Waals surface area contributed by atoms with E-state index in [0.717, 1.165) is 0 Å². The first-order valence-electron chi connectivity index (χ1n) is 6.10. The lowest BCUT2D eigenvalue weighted by Crippen LogP contribution is -2.48. The molecule has 96 valence electrons. The SMILES string of the molecule is [B]C([B])(C)C([B])(I)C(=O)OC1CCC2CC1OC2=O. The minimum Gasteiger partial charge on any atom is -0.458 e. The average Bonchev–Trinajstić information content (AvgIpc) is 2.58. The quantitative estimate of drug-likeness (QED) is 0.314. The largest absolute Gasteiger partial charge is 0.458 e. The summed E-state index contributed by atoms with van der Waals surface area (Å²) >= 11 is 1.68. The number of rotatable bonds is 3. The van der Waals surface area contributed by atoms with Gasteiger partial charge in [0.25, 0.3) is 0 Å². The molecule has 0 aromatic heterocycles. The van der Waals surface area contributed by atoms with Gasteiger partial charge in [0.2, 0.25) is 0 Å². The predicted octanol–water partition coefficient (Wildman–Crippen LogP) is 0.397. The minimum atomic E-state index is -1.54. The first kappa shape index (κ1) is 15.3. The van der Waals surface area contributed by atoms with Gasteiger partial charge in [0.15, 0.2) is 0 Å². The molecule has 1 aliphatic heterocycles. The molecule has 6 radical (unpaired) electrons. The Morgan fingerprint density at radius 2 is 2.05 bits per heavy atom. The summed E-state index contributed by atoms with van der Waals surface area (Å²) in [6, 6.07) is 0. The highest BCUT2D eigenvalue weighted by Gasteiger charge is 2.48. The van der Waals surface area contributed by atoms with Crippen LogP contribution in [-0.2, 0) is 19.1 Å². The highest BCUT2D eigenvalue weighted by Crippen LogP contribution is 2.41. The lowest BCUT2D eigenvalue weighted by atomic mass is 9.45. The van der Waals surface area contributed by atoms with Gasteiger partial charge in [0.1, 0.15) is 20.1 Å². The molecule has 2 fully saturated rings. The number of hydrogen-bond acceptors (Lipinski definition) is 4. The van der Waals surface area contributed by atoms with Crippen molar-refractivity contribution < 1.29 is 19.1 Å². The third-order valence-corrected chi connectivity index (χ3v) is 5.27. The van der Waals surface area contributed by atoms with E-state index < -0.39 is 20.6 Å². The molecule has 19 heavy (non-hydrogen) atoms. The number of halogens is 1. The minimum absolute atomic E-state index is 0.0588. The van der Waals surface area contributed by atoms with E-state index in [-0.39, 0.29) is 18.0 Å². The summed E-state index contributed by atoms with van der Waals surface area (Å²) in [5.41, 5.74) is 0. The number of fused-ring (bicyclic) bond motifs is 2. The molecular formula is C11H12B3IO4.